The van der Waals surface area contributed by atoms with Crippen LogP contribution in [-0.4, -0.2) is 42.6 Å². The zero-order valence-electron chi connectivity index (χ0n) is 9.08. The molecule has 0 spiro atoms. The van der Waals surface area contributed by atoms with Crippen LogP contribution < -0.4 is 0 Å². The fraction of sp³-hybridized carbons (Fsp3) is 0.222. The minimum absolute atomic E-state index is 1.08. The zero-order chi connectivity index (χ0) is 14.2. The van der Waals surface area contributed by atoms with Crippen LogP contribution in [0.1, 0.15) is 6.42 Å². The Kier molecular flexibility index (Phi) is 6.81. The Labute approximate surface area is 102 Å². The molecule has 1 rings (SSSR count). The van der Waals surface area contributed by atoms with Crippen LogP contribution in [0.5, 0.6) is 0 Å². The second-order valence-corrected chi connectivity index (χ2v) is 4.87. The molecule has 0 saturated carbocycles. The predicted molar refractivity (Wildman–Crippen MR) is 60.0 cm³/mol. The molecule has 4 N–H and O–H groups in total. The van der Waals surface area contributed by atoms with Gasteiger partial charge in [0.15, 0.2) is 5.66 Å². The molecule has 0 amide bonds. The van der Waals surface area contributed by atoms with Gasteiger partial charge in [-0.1, -0.05) is 6.07 Å². The van der Waals surface area contributed by atoms with Crippen LogP contribution in [0.25, 0.3) is 0 Å². The average molecular weight is 277 g/mol. The van der Waals surface area contributed by atoms with Crippen molar-refractivity contribution in [1.29, 1.82) is 0 Å². The quantitative estimate of drug-likeness (QED) is 0.570. The number of hydrogen-bond acceptors (Lipinski definition) is 4. The first kappa shape index (κ1) is 16.2. The molecule has 0 aliphatic rings. The van der Waals surface area contributed by atoms with Gasteiger partial charge >= 0.3 is 19.5 Å². The lowest BCUT2D eigenvalue weighted by molar-refractivity contribution is -0.143. The maximum atomic E-state index is 10.4. The third-order valence-electron chi connectivity index (χ3n) is 1.63. The van der Waals surface area contributed by atoms with Crippen LogP contribution in [0, 0.1) is 0 Å². The normalized spacial score (nSPS) is 11.9. The Hall–Kier alpha value is -1.76. The zero-order valence-corrected chi connectivity index (χ0v) is 9.97. The summed E-state index contributed by atoms with van der Waals surface area (Å²) in [7, 11) is -4.87. The Morgan fingerprint density at radius 1 is 1.11 bits per heavy atom. The molecule has 1 aromatic rings. The summed E-state index contributed by atoms with van der Waals surface area (Å²) in [6, 6.07) is 5.72. The Bertz CT molecular complexity index is 403. The van der Waals surface area contributed by atoms with Crippen molar-refractivity contribution >= 4 is 19.5 Å². The van der Waals surface area contributed by atoms with Crippen molar-refractivity contribution in [1.82, 2.24) is 4.98 Å². The van der Waals surface area contributed by atoms with Crippen molar-refractivity contribution in [3.8, 4) is 0 Å². The van der Waals surface area contributed by atoms with Crippen molar-refractivity contribution in [3.05, 3.63) is 30.6 Å². The first-order chi connectivity index (χ1) is 8.25. The first-order valence-electron chi connectivity index (χ1n) is 4.60. The van der Waals surface area contributed by atoms with Crippen LogP contribution in [-0.2, 0) is 14.2 Å². The van der Waals surface area contributed by atoms with Crippen molar-refractivity contribution in [2.75, 3.05) is 0 Å². The molecule has 0 aliphatic heterocycles. The second kappa shape index (κ2) is 7.54. The Morgan fingerprint density at radius 3 is 1.72 bits per heavy atom. The van der Waals surface area contributed by atoms with Crippen LogP contribution in [0.4, 0.5) is 0 Å². The van der Waals surface area contributed by atoms with E-state index in [9.17, 15) is 14.2 Å². The van der Waals surface area contributed by atoms with Gasteiger partial charge in [0, 0.05) is 12.4 Å². The SMILES string of the molecule is O=C(O)CC(C(=O)O)P(=O)(O)O.c1ccncc1. The van der Waals surface area contributed by atoms with Gasteiger partial charge in [-0.15, -0.1) is 0 Å². The third-order valence-corrected chi connectivity index (χ3v) is 2.84. The van der Waals surface area contributed by atoms with Crippen molar-refractivity contribution < 1.29 is 34.2 Å². The van der Waals surface area contributed by atoms with Crippen molar-refractivity contribution in [2.24, 2.45) is 0 Å². The summed E-state index contributed by atoms with van der Waals surface area (Å²) in [5.74, 6) is -3.38. The third kappa shape index (κ3) is 7.50. The highest BCUT2D eigenvalue weighted by atomic mass is 31.2. The van der Waals surface area contributed by atoms with E-state index < -0.39 is 31.6 Å². The van der Waals surface area contributed by atoms with E-state index in [-0.39, 0.29) is 0 Å². The maximum absolute atomic E-state index is 10.4. The molecule has 8 nitrogen and oxygen atoms in total. The van der Waals surface area contributed by atoms with Crippen molar-refractivity contribution in [2.45, 2.75) is 12.1 Å². The van der Waals surface area contributed by atoms with Gasteiger partial charge < -0.3 is 20.0 Å². The first-order valence-corrected chi connectivity index (χ1v) is 6.28. The number of aromatic nitrogens is 1. The van der Waals surface area contributed by atoms with E-state index in [4.69, 9.17) is 20.0 Å². The van der Waals surface area contributed by atoms with Gasteiger partial charge in [-0.3, -0.25) is 19.1 Å². The van der Waals surface area contributed by atoms with E-state index >= 15 is 0 Å². The topological polar surface area (TPSA) is 145 Å². The second-order valence-electron chi connectivity index (χ2n) is 3.07. The van der Waals surface area contributed by atoms with Crippen LogP contribution in [0.2, 0.25) is 0 Å². The van der Waals surface area contributed by atoms with Gasteiger partial charge in [-0.05, 0) is 12.1 Å². The van der Waals surface area contributed by atoms with Gasteiger partial charge in [0.25, 0.3) is 0 Å². The summed E-state index contributed by atoms with van der Waals surface area (Å²) in [5.41, 5.74) is -2.16. The molecule has 0 fully saturated rings. The molecule has 1 unspecified atom stereocenters. The van der Waals surface area contributed by atoms with Crippen LogP contribution >= 0.6 is 7.60 Å². The summed E-state index contributed by atoms with van der Waals surface area (Å²) in [5, 5.41) is 16.3. The van der Waals surface area contributed by atoms with Crippen LogP contribution in [0.15, 0.2) is 30.6 Å². The minimum Gasteiger partial charge on any atom is -0.481 e. The summed E-state index contributed by atoms with van der Waals surface area (Å²) in [6.45, 7) is 0. The lowest BCUT2D eigenvalue weighted by Crippen LogP contribution is -2.23. The number of carboxylic acids is 2. The molecule has 0 bridgehead atoms. The highest BCUT2D eigenvalue weighted by molar-refractivity contribution is 7.53. The molecule has 0 aliphatic carbocycles. The molecule has 1 heterocycles. The number of rotatable bonds is 4. The average Bonchev–Trinajstić information content (AvgIpc) is 2.27. The number of carbonyl (C=O) groups is 2. The lowest BCUT2D eigenvalue weighted by atomic mass is 10.3. The summed E-state index contributed by atoms with van der Waals surface area (Å²) in [4.78, 5) is 40.6. The molecular formula is C9H12NO7P. The standard InChI is InChI=1S/C5H5N.C4H7O7P/c1-2-4-6-5-3-1;5-3(6)1-2(4(7)8)12(9,10)11/h1-5H;2H,1H2,(H,5,6)(H,7,8)(H2,9,10,11). The molecule has 1 aromatic heterocycles. The van der Waals surface area contributed by atoms with Gasteiger partial charge in [0.05, 0.1) is 6.42 Å². The fourth-order valence-electron chi connectivity index (χ4n) is 0.828. The van der Waals surface area contributed by atoms with E-state index in [1.807, 2.05) is 18.2 Å². The van der Waals surface area contributed by atoms with Crippen molar-refractivity contribution in [3.63, 3.8) is 0 Å². The number of carboxylic acid groups (broad SMARTS) is 2. The van der Waals surface area contributed by atoms with Gasteiger partial charge in [0.1, 0.15) is 0 Å². The summed E-state index contributed by atoms with van der Waals surface area (Å²) in [6.07, 6.45) is 2.42. The number of pyridine rings is 1. The largest absolute Gasteiger partial charge is 0.481 e. The van der Waals surface area contributed by atoms with Gasteiger partial charge in [0.2, 0.25) is 0 Å². The lowest BCUT2D eigenvalue weighted by Gasteiger charge is -2.10. The fourth-order valence-corrected chi connectivity index (χ4v) is 1.51. The van der Waals surface area contributed by atoms with Crippen LogP contribution in [0.3, 0.4) is 0 Å². The highest BCUT2D eigenvalue weighted by Gasteiger charge is 2.37. The smallest absolute Gasteiger partial charge is 0.340 e. The van der Waals surface area contributed by atoms with E-state index in [2.05, 4.69) is 4.98 Å². The summed E-state index contributed by atoms with van der Waals surface area (Å²) < 4.78 is 10.4. The molecule has 1 atom stereocenters. The molecular weight excluding hydrogens is 265 g/mol. The van der Waals surface area contributed by atoms with Gasteiger partial charge in [-0.2, -0.15) is 0 Å². The number of aliphatic carboxylic acids is 2. The van der Waals surface area contributed by atoms with Gasteiger partial charge in [-0.25, -0.2) is 0 Å². The minimum atomic E-state index is -4.87. The Balaban J connectivity index is 0.000000397. The van der Waals surface area contributed by atoms with E-state index in [0.29, 0.717) is 0 Å². The molecule has 0 saturated heterocycles. The molecule has 0 radical (unpaired) electrons. The molecule has 0 aromatic carbocycles. The Morgan fingerprint density at radius 2 is 1.61 bits per heavy atom. The van der Waals surface area contributed by atoms with E-state index in [1.165, 1.54) is 0 Å². The summed E-state index contributed by atoms with van der Waals surface area (Å²) >= 11 is 0. The molecule has 18 heavy (non-hydrogen) atoms. The monoisotopic (exact) mass is 277 g/mol. The highest BCUT2D eigenvalue weighted by Crippen LogP contribution is 2.42. The molecule has 100 valence electrons. The number of nitrogens with zero attached hydrogens (tertiary/aromatic N) is 1. The molecule has 9 heteroatoms. The van der Waals surface area contributed by atoms with E-state index in [0.717, 1.165) is 0 Å². The van der Waals surface area contributed by atoms with E-state index in [1.54, 1.807) is 12.4 Å². The predicted octanol–water partition coefficient (Wildman–Crippen LogP) is 0.174. The maximum Gasteiger partial charge on any atom is 0.340 e. The number of hydrogen-bond donors (Lipinski definition) is 4.